The monoisotopic (exact) mass is 341 g/mol. The Labute approximate surface area is 124 Å². The lowest BCUT2D eigenvalue weighted by molar-refractivity contribution is 0.416. The van der Waals surface area contributed by atoms with Gasteiger partial charge in [0.1, 0.15) is 5.75 Å². The van der Waals surface area contributed by atoms with Crippen molar-refractivity contribution in [2.45, 2.75) is 13.5 Å². The highest BCUT2D eigenvalue weighted by Gasteiger charge is 2.09. The van der Waals surface area contributed by atoms with Crippen LogP contribution in [-0.2, 0) is 6.54 Å². The zero-order valence-electron chi connectivity index (χ0n) is 11.1. The second-order valence-corrected chi connectivity index (χ2v) is 5.32. The molecule has 2 aromatic carbocycles. The molecule has 0 radical (unpaired) electrons. The van der Waals surface area contributed by atoms with Gasteiger partial charge in [0.25, 0.3) is 0 Å². The van der Waals surface area contributed by atoms with Crippen LogP contribution >= 0.6 is 15.9 Å². The van der Waals surface area contributed by atoms with Crippen molar-refractivity contribution in [3.05, 3.63) is 57.6 Å². The van der Waals surface area contributed by atoms with Crippen LogP contribution in [0.5, 0.6) is 5.75 Å². The number of rotatable bonds is 4. The van der Waals surface area contributed by atoms with E-state index in [1.165, 1.54) is 6.07 Å². The molecule has 0 saturated carbocycles. The van der Waals surface area contributed by atoms with Gasteiger partial charge in [-0.05, 0) is 42.3 Å². The van der Waals surface area contributed by atoms with E-state index < -0.39 is 11.6 Å². The lowest BCUT2D eigenvalue weighted by Crippen LogP contribution is -2.04. The maximum Gasteiger partial charge on any atom is 0.159 e. The third kappa shape index (κ3) is 3.28. The summed E-state index contributed by atoms with van der Waals surface area (Å²) < 4.78 is 32.3. The first kappa shape index (κ1) is 14.8. The van der Waals surface area contributed by atoms with Crippen molar-refractivity contribution >= 4 is 21.6 Å². The SMILES string of the molecule is COc1cc(Br)cc(C)c1NCc1ccc(F)c(F)c1. The minimum atomic E-state index is -0.844. The predicted octanol–water partition coefficient (Wildman–Crippen LogP) is 4.66. The van der Waals surface area contributed by atoms with Crippen LogP contribution in [-0.4, -0.2) is 7.11 Å². The summed E-state index contributed by atoms with van der Waals surface area (Å²) >= 11 is 3.40. The molecule has 0 saturated heterocycles. The number of halogens is 3. The first-order valence-corrected chi connectivity index (χ1v) is 6.82. The number of benzene rings is 2. The Bertz CT molecular complexity index is 632. The lowest BCUT2D eigenvalue weighted by atomic mass is 10.1. The number of nitrogens with one attached hydrogen (secondary N) is 1. The number of hydrogen-bond acceptors (Lipinski definition) is 2. The summed E-state index contributed by atoms with van der Waals surface area (Å²) in [5.74, 6) is -0.991. The Morgan fingerprint density at radius 3 is 2.55 bits per heavy atom. The van der Waals surface area contributed by atoms with Crippen molar-refractivity contribution in [1.29, 1.82) is 0 Å². The molecule has 0 spiro atoms. The molecule has 2 aromatic rings. The van der Waals surface area contributed by atoms with E-state index in [1.807, 2.05) is 19.1 Å². The van der Waals surface area contributed by atoms with Gasteiger partial charge in [-0.1, -0.05) is 22.0 Å². The number of ether oxygens (including phenoxy) is 1. The second-order valence-electron chi connectivity index (χ2n) is 4.40. The van der Waals surface area contributed by atoms with Crippen LogP contribution in [0.2, 0.25) is 0 Å². The van der Waals surface area contributed by atoms with E-state index in [0.717, 1.165) is 21.8 Å². The summed E-state index contributed by atoms with van der Waals surface area (Å²) in [7, 11) is 1.59. The third-order valence-electron chi connectivity index (χ3n) is 2.94. The summed E-state index contributed by atoms with van der Waals surface area (Å²) in [5.41, 5.74) is 2.49. The van der Waals surface area contributed by atoms with Crippen LogP contribution in [0.3, 0.4) is 0 Å². The Kier molecular flexibility index (Phi) is 4.60. The van der Waals surface area contributed by atoms with E-state index >= 15 is 0 Å². The summed E-state index contributed by atoms with van der Waals surface area (Å²) in [6, 6.07) is 7.66. The van der Waals surface area contributed by atoms with Gasteiger partial charge in [0.2, 0.25) is 0 Å². The van der Waals surface area contributed by atoms with Gasteiger partial charge in [0.15, 0.2) is 11.6 Å². The fourth-order valence-electron chi connectivity index (χ4n) is 1.94. The van der Waals surface area contributed by atoms with Gasteiger partial charge in [0, 0.05) is 11.0 Å². The average Bonchev–Trinajstić information content (AvgIpc) is 2.40. The summed E-state index contributed by atoms with van der Waals surface area (Å²) in [4.78, 5) is 0. The molecule has 20 heavy (non-hydrogen) atoms. The molecular formula is C15H14BrF2NO. The van der Waals surface area contributed by atoms with Crippen LogP contribution in [0.1, 0.15) is 11.1 Å². The Morgan fingerprint density at radius 1 is 1.15 bits per heavy atom. The molecule has 0 atom stereocenters. The molecule has 0 aromatic heterocycles. The largest absolute Gasteiger partial charge is 0.495 e. The Balaban J connectivity index is 2.20. The maximum absolute atomic E-state index is 13.1. The number of hydrogen-bond donors (Lipinski definition) is 1. The Hall–Kier alpha value is -1.62. The van der Waals surface area contributed by atoms with Crippen molar-refractivity contribution in [2.24, 2.45) is 0 Å². The summed E-state index contributed by atoms with van der Waals surface area (Å²) in [6.45, 7) is 2.33. The van der Waals surface area contributed by atoms with Crippen molar-refractivity contribution in [3.8, 4) is 5.75 Å². The van der Waals surface area contributed by atoms with Gasteiger partial charge < -0.3 is 10.1 Å². The summed E-state index contributed by atoms with van der Waals surface area (Å²) in [6.07, 6.45) is 0. The zero-order chi connectivity index (χ0) is 14.7. The van der Waals surface area contributed by atoms with Crippen molar-refractivity contribution in [3.63, 3.8) is 0 Å². The van der Waals surface area contributed by atoms with Crippen LogP contribution in [0, 0.1) is 18.6 Å². The van der Waals surface area contributed by atoms with E-state index in [4.69, 9.17) is 4.74 Å². The number of anilines is 1. The molecule has 0 heterocycles. The van der Waals surface area contributed by atoms with Gasteiger partial charge in [0.05, 0.1) is 12.8 Å². The molecule has 0 amide bonds. The number of aryl methyl sites for hydroxylation is 1. The van der Waals surface area contributed by atoms with Crippen LogP contribution in [0.15, 0.2) is 34.8 Å². The van der Waals surface area contributed by atoms with Crippen molar-refractivity contribution in [1.82, 2.24) is 0 Å². The van der Waals surface area contributed by atoms with E-state index in [1.54, 1.807) is 13.2 Å². The topological polar surface area (TPSA) is 21.3 Å². The van der Waals surface area contributed by atoms with Gasteiger partial charge in [-0.15, -0.1) is 0 Å². The van der Waals surface area contributed by atoms with Gasteiger partial charge in [-0.25, -0.2) is 8.78 Å². The molecule has 2 nitrogen and oxygen atoms in total. The molecule has 0 aliphatic carbocycles. The van der Waals surface area contributed by atoms with E-state index in [9.17, 15) is 8.78 Å². The average molecular weight is 342 g/mol. The lowest BCUT2D eigenvalue weighted by Gasteiger charge is -2.14. The standard InChI is InChI=1S/C15H14BrF2NO/c1-9-5-11(16)7-14(20-2)15(9)19-8-10-3-4-12(17)13(18)6-10/h3-7,19H,8H2,1-2H3. The molecule has 0 fully saturated rings. The van der Waals surface area contributed by atoms with E-state index in [0.29, 0.717) is 17.9 Å². The normalized spacial score (nSPS) is 10.4. The third-order valence-corrected chi connectivity index (χ3v) is 3.40. The molecule has 0 bridgehead atoms. The smallest absolute Gasteiger partial charge is 0.159 e. The first-order valence-electron chi connectivity index (χ1n) is 6.03. The zero-order valence-corrected chi connectivity index (χ0v) is 12.7. The van der Waals surface area contributed by atoms with Gasteiger partial charge in [-0.2, -0.15) is 0 Å². The van der Waals surface area contributed by atoms with E-state index in [-0.39, 0.29) is 0 Å². The van der Waals surface area contributed by atoms with Crippen molar-refractivity contribution in [2.75, 3.05) is 12.4 Å². The molecule has 0 unspecified atom stereocenters. The van der Waals surface area contributed by atoms with Crippen molar-refractivity contribution < 1.29 is 13.5 Å². The predicted molar refractivity (Wildman–Crippen MR) is 79.1 cm³/mol. The number of methoxy groups -OCH3 is 1. The van der Waals surface area contributed by atoms with Gasteiger partial charge >= 0.3 is 0 Å². The molecule has 0 aliphatic rings. The molecule has 106 valence electrons. The highest BCUT2D eigenvalue weighted by molar-refractivity contribution is 9.10. The van der Waals surface area contributed by atoms with E-state index in [2.05, 4.69) is 21.2 Å². The minimum absolute atomic E-state index is 0.385. The molecule has 5 heteroatoms. The maximum atomic E-state index is 13.1. The minimum Gasteiger partial charge on any atom is -0.495 e. The fraction of sp³-hybridized carbons (Fsp3) is 0.200. The highest BCUT2D eigenvalue weighted by atomic mass is 79.9. The first-order chi connectivity index (χ1) is 9.51. The van der Waals surface area contributed by atoms with Crippen LogP contribution in [0.25, 0.3) is 0 Å². The second kappa shape index (κ2) is 6.22. The fourth-order valence-corrected chi connectivity index (χ4v) is 2.49. The Morgan fingerprint density at radius 2 is 1.90 bits per heavy atom. The quantitative estimate of drug-likeness (QED) is 0.873. The molecule has 1 N–H and O–H groups in total. The highest BCUT2D eigenvalue weighted by Crippen LogP contribution is 2.32. The molecular weight excluding hydrogens is 328 g/mol. The molecule has 0 aliphatic heterocycles. The van der Waals surface area contributed by atoms with Crippen LogP contribution in [0.4, 0.5) is 14.5 Å². The van der Waals surface area contributed by atoms with Gasteiger partial charge in [-0.3, -0.25) is 0 Å². The van der Waals surface area contributed by atoms with Crippen LogP contribution < -0.4 is 10.1 Å². The summed E-state index contributed by atoms with van der Waals surface area (Å²) in [5, 5.41) is 3.19. The molecule has 2 rings (SSSR count).